The molecule has 0 fully saturated rings. The molecule has 0 aliphatic carbocycles. The largest absolute Gasteiger partial charge is 0.374 e. The highest BCUT2D eigenvalue weighted by atomic mass is 19.3. The number of hydrogen-bond donors (Lipinski definition) is 1. The smallest absolute Gasteiger partial charge is 0.261 e. The molecule has 0 bridgehead atoms. The Labute approximate surface area is 67.9 Å². The summed E-state index contributed by atoms with van der Waals surface area (Å²) in [5.41, 5.74) is 0. The molecule has 0 atom stereocenters. The van der Waals surface area contributed by atoms with Gasteiger partial charge in [-0.1, -0.05) is 0 Å². The van der Waals surface area contributed by atoms with E-state index in [2.05, 4.69) is 10.1 Å². The molecule has 0 rings (SSSR count). The normalized spacial score (nSPS) is 11.5. The van der Waals surface area contributed by atoms with Crippen molar-refractivity contribution in [2.75, 3.05) is 26.3 Å². The molecule has 0 aromatic heterocycles. The molecule has 0 radical (unpaired) electrons. The van der Waals surface area contributed by atoms with Gasteiger partial charge in [0.2, 0.25) is 0 Å². The first kappa shape index (κ1) is 11.6. The van der Waals surface area contributed by atoms with E-state index in [1.165, 1.54) is 0 Å². The fraction of sp³-hybridized carbons (Fsp3) is 1.00. The summed E-state index contributed by atoms with van der Waals surface area (Å²) in [6, 6.07) is 0. The SMILES string of the molecule is FC(F)CNCCOCC(F)F. The van der Waals surface area contributed by atoms with E-state index in [1.54, 1.807) is 0 Å². The molecule has 0 aliphatic heterocycles. The van der Waals surface area contributed by atoms with Crippen molar-refractivity contribution in [2.45, 2.75) is 12.9 Å². The van der Waals surface area contributed by atoms with Crippen LogP contribution in [0.2, 0.25) is 0 Å². The third-order valence-electron chi connectivity index (χ3n) is 0.966. The van der Waals surface area contributed by atoms with Crippen molar-refractivity contribution in [3.8, 4) is 0 Å². The Morgan fingerprint density at radius 3 is 2.25 bits per heavy atom. The van der Waals surface area contributed by atoms with Gasteiger partial charge >= 0.3 is 0 Å². The molecule has 12 heavy (non-hydrogen) atoms. The fourth-order valence-corrected chi connectivity index (χ4v) is 0.528. The zero-order valence-electron chi connectivity index (χ0n) is 6.40. The predicted molar refractivity (Wildman–Crippen MR) is 35.7 cm³/mol. The van der Waals surface area contributed by atoms with Gasteiger partial charge in [-0.3, -0.25) is 0 Å². The molecule has 0 aliphatic rings. The first-order chi connectivity index (χ1) is 5.63. The minimum atomic E-state index is -2.50. The standard InChI is InChI=1S/C6H11F4NO/c7-5(8)3-11-1-2-12-4-6(9)10/h5-6,11H,1-4H2. The van der Waals surface area contributed by atoms with Crippen LogP contribution in [0.1, 0.15) is 0 Å². The molecule has 2 nitrogen and oxygen atoms in total. The Morgan fingerprint density at radius 2 is 1.75 bits per heavy atom. The van der Waals surface area contributed by atoms with E-state index in [0.29, 0.717) is 0 Å². The molecule has 74 valence electrons. The first-order valence-electron chi connectivity index (χ1n) is 3.47. The average Bonchev–Trinajstić information content (AvgIpc) is 1.95. The van der Waals surface area contributed by atoms with E-state index in [9.17, 15) is 17.6 Å². The molecule has 0 aromatic rings. The lowest BCUT2D eigenvalue weighted by Gasteiger charge is -2.04. The van der Waals surface area contributed by atoms with Gasteiger partial charge < -0.3 is 10.1 Å². The van der Waals surface area contributed by atoms with Crippen LogP contribution < -0.4 is 5.32 Å². The molecule has 0 saturated carbocycles. The summed E-state index contributed by atoms with van der Waals surface area (Å²) in [5, 5.41) is 2.34. The molecule has 0 heterocycles. The van der Waals surface area contributed by atoms with E-state index >= 15 is 0 Å². The van der Waals surface area contributed by atoms with E-state index in [-0.39, 0.29) is 13.2 Å². The van der Waals surface area contributed by atoms with Crippen LogP contribution in [0.4, 0.5) is 17.6 Å². The van der Waals surface area contributed by atoms with Gasteiger partial charge in [-0.25, -0.2) is 17.6 Å². The number of ether oxygens (including phenoxy) is 1. The summed E-state index contributed by atoms with van der Waals surface area (Å²) < 4.78 is 50.1. The zero-order valence-corrected chi connectivity index (χ0v) is 6.40. The quantitative estimate of drug-likeness (QED) is 0.478. The van der Waals surface area contributed by atoms with Gasteiger partial charge in [0.05, 0.1) is 13.2 Å². The van der Waals surface area contributed by atoms with Crippen molar-refractivity contribution >= 4 is 0 Å². The van der Waals surface area contributed by atoms with Gasteiger partial charge in [-0.15, -0.1) is 0 Å². The summed E-state index contributed by atoms with van der Waals surface area (Å²) >= 11 is 0. The lowest BCUT2D eigenvalue weighted by Crippen LogP contribution is -2.25. The van der Waals surface area contributed by atoms with Crippen LogP contribution in [0, 0.1) is 0 Å². The van der Waals surface area contributed by atoms with E-state index in [1.807, 2.05) is 0 Å². The predicted octanol–water partition coefficient (Wildman–Crippen LogP) is 1.12. The maximum absolute atomic E-state index is 11.4. The van der Waals surface area contributed by atoms with Gasteiger partial charge in [-0.05, 0) is 0 Å². The van der Waals surface area contributed by atoms with E-state index in [4.69, 9.17) is 0 Å². The molecular formula is C6H11F4NO. The molecule has 0 aromatic carbocycles. The minimum Gasteiger partial charge on any atom is -0.374 e. The molecule has 0 unspecified atom stereocenters. The molecular weight excluding hydrogens is 178 g/mol. The Bertz CT molecular complexity index is 89.5. The van der Waals surface area contributed by atoms with Crippen molar-refractivity contribution < 1.29 is 22.3 Å². The summed E-state index contributed by atoms with van der Waals surface area (Å²) in [4.78, 5) is 0. The second-order valence-electron chi connectivity index (χ2n) is 2.06. The third kappa shape index (κ3) is 9.64. The van der Waals surface area contributed by atoms with Crippen LogP contribution in [0.3, 0.4) is 0 Å². The highest BCUT2D eigenvalue weighted by Gasteiger charge is 2.02. The second kappa shape index (κ2) is 7.30. The van der Waals surface area contributed by atoms with Crippen LogP contribution in [-0.2, 0) is 4.74 Å². The summed E-state index contributed by atoms with van der Waals surface area (Å²) in [6.07, 6.45) is -4.92. The number of alkyl halides is 4. The van der Waals surface area contributed by atoms with Gasteiger partial charge in [0.1, 0.15) is 6.61 Å². The van der Waals surface area contributed by atoms with Gasteiger partial charge in [0, 0.05) is 6.54 Å². The van der Waals surface area contributed by atoms with Crippen LogP contribution in [0.25, 0.3) is 0 Å². The molecule has 1 N–H and O–H groups in total. The highest BCUT2D eigenvalue weighted by Crippen LogP contribution is 1.91. The van der Waals surface area contributed by atoms with E-state index < -0.39 is 26.0 Å². The summed E-state index contributed by atoms with van der Waals surface area (Å²) in [7, 11) is 0. The van der Waals surface area contributed by atoms with Crippen molar-refractivity contribution in [1.82, 2.24) is 5.32 Å². The van der Waals surface area contributed by atoms with Gasteiger partial charge in [-0.2, -0.15) is 0 Å². The topological polar surface area (TPSA) is 21.3 Å². The number of hydrogen-bond acceptors (Lipinski definition) is 2. The minimum absolute atomic E-state index is 0.0249. The summed E-state index contributed by atoms with van der Waals surface area (Å²) in [6.45, 7) is -0.886. The molecule has 0 amide bonds. The first-order valence-corrected chi connectivity index (χ1v) is 3.47. The van der Waals surface area contributed by atoms with Crippen molar-refractivity contribution in [1.29, 1.82) is 0 Å². The third-order valence-corrected chi connectivity index (χ3v) is 0.966. The fourth-order valence-electron chi connectivity index (χ4n) is 0.528. The molecule has 6 heteroatoms. The lowest BCUT2D eigenvalue weighted by molar-refractivity contribution is 0.0178. The van der Waals surface area contributed by atoms with Crippen molar-refractivity contribution in [3.05, 3.63) is 0 Å². The van der Waals surface area contributed by atoms with Crippen LogP contribution >= 0.6 is 0 Å². The summed E-state index contributed by atoms with van der Waals surface area (Å²) in [5.74, 6) is 0. The van der Waals surface area contributed by atoms with Crippen LogP contribution in [-0.4, -0.2) is 39.2 Å². The van der Waals surface area contributed by atoms with Crippen molar-refractivity contribution in [2.24, 2.45) is 0 Å². The van der Waals surface area contributed by atoms with E-state index in [0.717, 1.165) is 0 Å². The zero-order chi connectivity index (χ0) is 9.40. The Kier molecular flexibility index (Phi) is 7.08. The Hall–Kier alpha value is -0.360. The van der Waals surface area contributed by atoms with Crippen LogP contribution in [0.15, 0.2) is 0 Å². The number of rotatable bonds is 7. The maximum Gasteiger partial charge on any atom is 0.261 e. The molecule has 0 spiro atoms. The number of halogens is 4. The van der Waals surface area contributed by atoms with Crippen LogP contribution in [0.5, 0.6) is 0 Å². The lowest BCUT2D eigenvalue weighted by atomic mass is 10.6. The molecule has 0 saturated heterocycles. The highest BCUT2D eigenvalue weighted by molar-refractivity contribution is 4.47. The number of nitrogens with one attached hydrogen (secondary N) is 1. The Morgan fingerprint density at radius 1 is 1.08 bits per heavy atom. The monoisotopic (exact) mass is 189 g/mol. The van der Waals surface area contributed by atoms with Crippen molar-refractivity contribution in [3.63, 3.8) is 0 Å². The Balaban J connectivity index is 2.91. The second-order valence-corrected chi connectivity index (χ2v) is 2.06. The average molecular weight is 189 g/mol. The van der Waals surface area contributed by atoms with Gasteiger partial charge in [0.25, 0.3) is 12.9 Å². The maximum atomic E-state index is 11.4. The van der Waals surface area contributed by atoms with Gasteiger partial charge in [0.15, 0.2) is 0 Å².